The zero-order chi connectivity index (χ0) is 26.8. The van der Waals surface area contributed by atoms with Crippen LogP contribution < -0.4 is 10.6 Å². The Morgan fingerprint density at radius 3 is 2.39 bits per heavy atom. The number of carbonyl (C=O) groups excluding carboxylic acids is 4. The topological polar surface area (TPSA) is 131 Å². The van der Waals surface area contributed by atoms with Crippen molar-refractivity contribution in [1.29, 1.82) is 0 Å². The van der Waals surface area contributed by atoms with E-state index in [0.29, 0.717) is 6.42 Å². The largest absolute Gasteiger partial charge is 0.463 e. The number of aliphatic hydroxyl groups excluding tert-OH is 1. The highest BCUT2D eigenvalue weighted by Gasteiger charge is 2.29. The molecule has 0 aliphatic rings. The van der Waals surface area contributed by atoms with Crippen LogP contribution in [0.25, 0.3) is 0 Å². The number of amides is 2. The monoisotopic (exact) mass is 502 g/mol. The fourth-order valence-electron chi connectivity index (χ4n) is 3.18. The smallest absolute Gasteiger partial charge is 0.332 e. The van der Waals surface area contributed by atoms with Crippen LogP contribution in [-0.4, -0.2) is 54.2 Å². The van der Waals surface area contributed by atoms with Gasteiger partial charge >= 0.3 is 11.9 Å². The second kappa shape index (κ2) is 17.9. The van der Waals surface area contributed by atoms with Gasteiger partial charge in [0.2, 0.25) is 11.8 Å². The van der Waals surface area contributed by atoms with Gasteiger partial charge in [0.1, 0.15) is 13.2 Å². The third-order valence-corrected chi connectivity index (χ3v) is 5.21. The van der Waals surface area contributed by atoms with Crippen LogP contribution in [0, 0.1) is 5.92 Å². The number of ether oxygens (including phenoxy) is 2. The maximum Gasteiger partial charge on any atom is 0.332 e. The van der Waals surface area contributed by atoms with E-state index in [-0.39, 0.29) is 32.5 Å². The van der Waals surface area contributed by atoms with Crippen molar-refractivity contribution in [3.05, 3.63) is 61.2 Å². The molecule has 0 radical (unpaired) electrons. The van der Waals surface area contributed by atoms with Crippen LogP contribution in [0.5, 0.6) is 0 Å². The molecule has 1 aromatic rings. The summed E-state index contributed by atoms with van der Waals surface area (Å²) in [7, 11) is 0. The fourth-order valence-corrected chi connectivity index (χ4v) is 3.18. The predicted molar refractivity (Wildman–Crippen MR) is 135 cm³/mol. The van der Waals surface area contributed by atoms with Crippen molar-refractivity contribution < 1.29 is 33.8 Å². The highest BCUT2D eigenvalue weighted by molar-refractivity contribution is 5.89. The number of hydrogen-bond donors (Lipinski definition) is 3. The Labute approximate surface area is 212 Å². The third-order valence-electron chi connectivity index (χ3n) is 5.21. The lowest BCUT2D eigenvalue weighted by Gasteiger charge is -2.21. The van der Waals surface area contributed by atoms with Crippen LogP contribution in [0.4, 0.5) is 0 Å². The second-order valence-electron chi connectivity index (χ2n) is 8.45. The van der Waals surface area contributed by atoms with Gasteiger partial charge < -0.3 is 25.2 Å². The van der Waals surface area contributed by atoms with Gasteiger partial charge in [0.05, 0.1) is 12.5 Å². The van der Waals surface area contributed by atoms with E-state index in [1.807, 2.05) is 6.07 Å². The summed E-state index contributed by atoms with van der Waals surface area (Å²) < 4.78 is 10.6. The molecule has 198 valence electrons. The van der Waals surface area contributed by atoms with Crippen LogP contribution >= 0.6 is 0 Å². The summed E-state index contributed by atoms with van der Waals surface area (Å²) in [4.78, 5) is 50.1. The first-order chi connectivity index (χ1) is 17.3. The van der Waals surface area contributed by atoms with Crippen LogP contribution in [0.3, 0.4) is 0 Å². The van der Waals surface area contributed by atoms with E-state index >= 15 is 0 Å². The molecule has 1 aromatic carbocycles. The van der Waals surface area contributed by atoms with Crippen LogP contribution in [0.15, 0.2) is 55.6 Å². The van der Waals surface area contributed by atoms with E-state index in [9.17, 15) is 19.2 Å². The number of allylic oxidation sites excluding steroid dienone is 2. The summed E-state index contributed by atoms with van der Waals surface area (Å²) in [5.74, 6) is -3.07. The molecule has 2 amide bonds. The molecule has 9 nitrogen and oxygen atoms in total. The van der Waals surface area contributed by atoms with E-state index in [4.69, 9.17) is 14.6 Å². The van der Waals surface area contributed by atoms with Gasteiger partial charge in [-0.05, 0) is 38.2 Å². The van der Waals surface area contributed by atoms with E-state index in [1.165, 1.54) is 6.08 Å². The Hall–Kier alpha value is -3.46. The number of unbranched alkanes of at least 4 members (excludes halogenated alkanes) is 2. The van der Waals surface area contributed by atoms with Gasteiger partial charge in [-0.1, -0.05) is 42.5 Å². The zero-order valence-corrected chi connectivity index (χ0v) is 20.9. The quantitative estimate of drug-likeness (QED) is 0.160. The number of esters is 2. The fraction of sp³-hybridized carbons (Fsp3) is 0.481. The minimum atomic E-state index is -1.25. The molecule has 0 fully saturated rings. The van der Waals surface area contributed by atoms with Crippen molar-refractivity contribution in [3.8, 4) is 0 Å². The first-order valence-corrected chi connectivity index (χ1v) is 12.1. The third kappa shape index (κ3) is 12.9. The second-order valence-corrected chi connectivity index (χ2v) is 8.45. The molecule has 0 aliphatic heterocycles. The van der Waals surface area contributed by atoms with Crippen molar-refractivity contribution in [2.45, 2.75) is 64.1 Å². The summed E-state index contributed by atoms with van der Waals surface area (Å²) in [5.41, 5.74) is 0.759. The Morgan fingerprint density at radius 1 is 1.03 bits per heavy atom. The summed E-state index contributed by atoms with van der Waals surface area (Å²) in [5, 5.41) is 14.3. The lowest BCUT2D eigenvalue weighted by atomic mass is 9.99. The van der Waals surface area contributed by atoms with Gasteiger partial charge in [0.15, 0.2) is 6.04 Å². The molecule has 0 bridgehead atoms. The van der Waals surface area contributed by atoms with Crippen molar-refractivity contribution in [3.63, 3.8) is 0 Å². The molecule has 3 atom stereocenters. The first kappa shape index (κ1) is 30.6. The van der Waals surface area contributed by atoms with Gasteiger partial charge in [-0.15, -0.1) is 13.2 Å². The number of nitrogens with one attached hydrogen (secondary N) is 2. The summed E-state index contributed by atoms with van der Waals surface area (Å²) in [6, 6.07) is 7.31. The lowest BCUT2D eigenvalue weighted by Crippen LogP contribution is -2.48. The predicted octanol–water partition coefficient (Wildman–Crippen LogP) is 2.58. The number of carbonyl (C=O) groups is 4. The molecule has 36 heavy (non-hydrogen) atoms. The van der Waals surface area contributed by atoms with E-state index in [1.54, 1.807) is 37.3 Å². The molecule has 1 rings (SSSR count). The summed E-state index contributed by atoms with van der Waals surface area (Å²) in [6.07, 6.45) is 5.64. The molecule has 9 heteroatoms. The van der Waals surface area contributed by atoms with Gasteiger partial charge in [0, 0.05) is 18.9 Å². The molecule has 0 spiro atoms. The standard InChI is InChI=1S/C27H38N2O7/c1-4-6-7-11-15-25(32)35-19-23(27(34)36-18-21-13-9-8-10-14-21)29-26(33)22(12-5-2)16-24(31)28-20(3)17-30/h4-5,8-10,13-14,20,22-23,30H,1-2,6-7,11-12,15-19H2,3H3,(H,28,31)(H,29,33)/t20-,22-,23-/m1/s1. The summed E-state index contributed by atoms with van der Waals surface area (Å²) >= 11 is 0. The maximum absolute atomic E-state index is 13.0. The minimum absolute atomic E-state index is 0.0148. The molecular weight excluding hydrogens is 464 g/mol. The minimum Gasteiger partial charge on any atom is -0.463 e. The molecule has 0 aliphatic carbocycles. The Balaban J connectivity index is 2.83. The van der Waals surface area contributed by atoms with Crippen LogP contribution in [0.1, 0.15) is 51.0 Å². The Morgan fingerprint density at radius 2 is 1.75 bits per heavy atom. The highest BCUT2D eigenvalue weighted by atomic mass is 16.6. The van der Waals surface area contributed by atoms with Gasteiger partial charge in [-0.3, -0.25) is 14.4 Å². The van der Waals surface area contributed by atoms with Gasteiger partial charge in [-0.2, -0.15) is 0 Å². The average molecular weight is 503 g/mol. The lowest BCUT2D eigenvalue weighted by molar-refractivity contribution is -0.155. The first-order valence-electron chi connectivity index (χ1n) is 12.1. The molecule has 0 saturated carbocycles. The number of benzene rings is 1. The molecular formula is C27H38N2O7. The van der Waals surface area contributed by atoms with Gasteiger partial charge in [-0.25, -0.2) is 4.79 Å². The molecule has 0 aromatic heterocycles. The van der Waals surface area contributed by atoms with Crippen molar-refractivity contribution in [1.82, 2.24) is 10.6 Å². The highest BCUT2D eigenvalue weighted by Crippen LogP contribution is 2.12. The van der Waals surface area contributed by atoms with E-state index in [2.05, 4.69) is 23.8 Å². The number of aliphatic hydroxyl groups is 1. The maximum atomic E-state index is 13.0. The molecule has 0 saturated heterocycles. The van der Waals surface area contributed by atoms with E-state index in [0.717, 1.165) is 18.4 Å². The molecule has 3 N–H and O–H groups in total. The average Bonchev–Trinajstić information content (AvgIpc) is 2.87. The van der Waals surface area contributed by atoms with Crippen molar-refractivity contribution in [2.24, 2.45) is 5.92 Å². The Kier molecular flexibility index (Phi) is 15.2. The van der Waals surface area contributed by atoms with Crippen molar-refractivity contribution >= 4 is 23.8 Å². The van der Waals surface area contributed by atoms with E-state index < -0.39 is 48.4 Å². The number of rotatable bonds is 18. The van der Waals surface area contributed by atoms with Crippen LogP contribution in [-0.2, 0) is 35.3 Å². The van der Waals surface area contributed by atoms with Crippen molar-refractivity contribution in [2.75, 3.05) is 13.2 Å². The van der Waals surface area contributed by atoms with Gasteiger partial charge in [0.25, 0.3) is 0 Å². The molecule has 0 heterocycles. The zero-order valence-electron chi connectivity index (χ0n) is 20.9. The summed E-state index contributed by atoms with van der Waals surface area (Å²) in [6.45, 7) is 8.25. The Bertz CT molecular complexity index is 857. The van der Waals surface area contributed by atoms with Crippen LogP contribution in [0.2, 0.25) is 0 Å². The molecule has 0 unspecified atom stereocenters. The number of hydrogen-bond acceptors (Lipinski definition) is 7. The normalized spacial score (nSPS) is 12.9. The SMILES string of the molecule is C=CCCCCC(=O)OC[C@@H](NC(=O)[C@H](CC=C)CC(=O)N[C@H](C)CO)C(=O)OCc1ccccc1.